The molecular formula is C15H12BrN3O2. The molecule has 0 aliphatic heterocycles. The first-order chi connectivity index (χ1) is 10.2. The van der Waals surface area contributed by atoms with Gasteiger partial charge >= 0.3 is 0 Å². The van der Waals surface area contributed by atoms with E-state index in [2.05, 4.69) is 26.2 Å². The number of nitrogens with zero attached hydrogens (tertiary/aromatic N) is 3. The van der Waals surface area contributed by atoms with Crippen LogP contribution in [-0.2, 0) is 6.54 Å². The van der Waals surface area contributed by atoms with Gasteiger partial charge in [-0.25, -0.2) is 4.68 Å². The summed E-state index contributed by atoms with van der Waals surface area (Å²) in [6, 6.07) is 14.7. The Morgan fingerprint density at radius 1 is 1.10 bits per heavy atom. The van der Waals surface area contributed by atoms with Gasteiger partial charge in [0.25, 0.3) is 5.56 Å². The lowest BCUT2D eigenvalue weighted by Gasteiger charge is -2.07. The van der Waals surface area contributed by atoms with Crippen LogP contribution in [0, 0.1) is 0 Å². The monoisotopic (exact) mass is 345 g/mol. The molecule has 0 fully saturated rings. The van der Waals surface area contributed by atoms with Crippen molar-refractivity contribution in [3.8, 4) is 5.75 Å². The Balaban J connectivity index is 1.72. The first-order valence-corrected chi connectivity index (χ1v) is 7.24. The Bertz CT molecular complexity index is 815. The van der Waals surface area contributed by atoms with Gasteiger partial charge in [0, 0.05) is 4.47 Å². The summed E-state index contributed by atoms with van der Waals surface area (Å²) in [5, 5.41) is 8.51. The quantitative estimate of drug-likeness (QED) is 0.729. The molecule has 0 radical (unpaired) electrons. The van der Waals surface area contributed by atoms with Gasteiger partial charge in [-0.15, -0.1) is 5.10 Å². The maximum atomic E-state index is 12.2. The summed E-state index contributed by atoms with van der Waals surface area (Å²) in [6.45, 7) is 0.710. The number of halogens is 1. The standard InChI is InChI=1S/C15H12BrN3O2/c16-11-5-7-12(8-6-11)21-10-9-19-15(20)13-3-1-2-4-14(13)17-18-19/h1-8H,9-10H2. The van der Waals surface area contributed by atoms with Crippen molar-refractivity contribution in [1.29, 1.82) is 0 Å². The minimum atomic E-state index is -0.153. The van der Waals surface area contributed by atoms with Crippen LogP contribution in [0.2, 0.25) is 0 Å². The fourth-order valence-corrected chi connectivity index (χ4v) is 2.21. The highest BCUT2D eigenvalue weighted by molar-refractivity contribution is 9.10. The lowest BCUT2D eigenvalue weighted by molar-refractivity contribution is 0.285. The Kier molecular flexibility index (Phi) is 3.96. The highest BCUT2D eigenvalue weighted by Crippen LogP contribution is 2.15. The van der Waals surface area contributed by atoms with E-state index >= 15 is 0 Å². The summed E-state index contributed by atoms with van der Waals surface area (Å²) in [7, 11) is 0. The zero-order valence-electron chi connectivity index (χ0n) is 11.1. The van der Waals surface area contributed by atoms with E-state index in [9.17, 15) is 4.79 Å². The van der Waals surface area contributed by atoms with Crippen LogP contribution in [0.1, 0.15) is 0 Å². The Morgan fingerprint density at radius 3 is 2.67 bits per heavy atom. The second-order valence-corrected chi connectivity index (χ2v) is 5.35. The minimum absolute atomic E-state index is 0.153. The summed E-state index contributed by atoms with van der Waals surface area (Å²) in [4.78, 5) is 12.2. The molecule has 0 aliphatic carbocycles. The Hall–Kier alpha value is -2.21. The van der Waals surface area contributed by atoms with Gasteiger partial charge in [-0.3, -0.25) is 4.79 Å². The third-order valence-electron chi connectivity index (χ3n) is 3.01. The predicted molar refractivity (Wildman–Crippen MR) is 83.4 cm³/mol. The van der Waals surface area contributed by atoms with E-state index in [1.807, 2.05) is 36.4 Å². The number of fused-ring (bicyclic) bond motifs is 1. The number of hydrogen-bond donors (Lipinski definition) is 0. The van der Waals surface area contributed by atoms with Crippen molar-refractivity contribution in [2.75, 3.05) is 6.61 Å². The van der Waals surface area contributed by atoms with Crippen LogP contribution in [-0.4, -0.2) is 21.6 Å². The van der Waals surface area contributed by atoms with E-state index in [0.29, 0.717) is 24.1 Å². The topological polar surface area (TPSA) is 57.0 Å². The van der Waals surface area contributed by atoms with Crippen molar-refractivity contribution in [2.24, 2.45) is 0 Å². The van der Waals surface area contributed by atoms with Gasteiger partial charge in [0.05, 0.1) is 11.9 Å². The Morgan fingerprint density at radius 2 is 1.86 bits per heavy atom. The molecule has 21 heavy (non-hydrogen) atoms. The zero-order chi connectivity index (χ0) is 14.7. The van der Waals surface area contributed by atoms with Crippen LogP contribution in [0.5, 0.6) is 5.75 Å². The van der Waals surface area contributed by atoms with Gasteiger partial charge in [0.2, 0.25) is 0 Å². The van der Waals surface area contributed by atoms with Crippen LogP contribution >= 0.6 is 15.9 Å². The molecule has 0 bridgehead atoms. The molecule has 0 saturated carbocycles. The molecule has 0 N–H and O–H groups in total. The van der Waals surface area contributed by atoms with Crippen molar-refractivity contribution >= 4 is 26.8 Å². The number of ether oxygens (including phenoxy) is 1. The fourth-order valence-electron chi connectivity index (χ4n) is 1.95. The molecule has 5 nitrogen and oxygen atoms in total. The van der Waals surface area contributed by atoms with Crippen LogP contribution in [0.4, 0.5) is 0 Å². The van der Waals surface area contributed by atoms with Gasteiger partial charge < -0.3 is 4.74 Å². The van der Waals surface area contributed by atoms with E-state index in [1.165, 1.54) is 4.68 Å². The second-order valence-electron chi connectivity index (χ2n) is 4.44. The molecule has 106 valence electrons. The van der Waals surface area contributed by atoms with Gasteiger partial charge in [-0.2, -0.15) is 0 Å². The van der Waals surface area contributed by atoms with Gasteiger partial charge in [0.15, 0.2) is 0 Å². The van der Waals surface area contributed by atoms with E-state index in [4.69, 9.17) is 4.74 Å². The van der Waals surface area contributed by atoms with Gasteiger partial charge in [-0.05, 0) is 36.4 Å². The molecular weight excluding hydrogens is 334 g/mol. The molecule has 3 aromatic rings. The normalized spacial score (nSPS) is 10.7. The SMILES string of the molecule is O=c1c2ccccc2nnn1CCOc1ccc(Br)cc1. The summed E-state index contributed by atoms with van der Waals surface area (Å²) < 4.78 is 7.90. The van der Waals surface area contributed by atoms with E-state index in [0.717, 1.165) is 10.2 Å². The summed E-state index contributed by atoms with van der Waals surface area (Å²) in [5.41, 5.74) is 0.451. The second kappa shape index (κ2) is 6.05. The molecule has 2 aromatic carbocycles. The van der Waals surface area contributed by atoms with Crippen molar-refractivity contribution < 1.29 is 4.74 Å². The van der Waals surface area contributed by atoms with Crippen LogP contribution in [0.15, 0.2) is 57.8 Å². The number of hydrogen-bond acceptors (Lipinski definition) is 4. The minimum Gasteiger partial charge on any atom is -0.492 e. The Labute approximate surface area is 129 Å². The smallest absolute Gasteiger partial charge is 0.277 e. The van der Waals surface area contributed by atoms with Crippen LogP contribution in [0.3, 0.4) is 0 Å². The first-order valence-electron chi connectivity index (χ1n) is 6.45. The molecule has 3 rings (SSSR count). The lowest BCUT2D eigenvalue weighted by atomic mass is 10.2. The molecule has 0 saturated heterocycles. The molecule has 1 heterocycles. The zero-order valence-corrected chi connectivity index (χ0v) is 12.7. The summed E-state index contributed by atoms with van der Waals surface area (Å²) in [5.74, 6) is 0.750. The third-order valence-corrected chi connectivity index (χ3v) is 3.54. The maximum absolute atomic E-state index is 12.2. The average Bonchev–Trinajstić information content (AvgIpc) is 2.52. The fraction of sp³-hybridized carbons (Fsp3) is 0.133. The van der Waals surface area contributed by atoms with Crippen molar-refractivity contribution in [2.45, 2.75) is 6.54 Å². The maximum Gasteiger partial charge on any atom is 0.277 e. The van der Waals surface area contributed by atoms with Gasteiger partial charge in [0.1, 0.15) is 17.9 Å². The van der Waals surface area contributed by atoms with E-state index in [-0.39, 0.29) is 5.56 Å². The highest BCUT2D eigenvalue weighted by atomic mass is 79.9. The number of rotatable bonds is 4. The van der Waals surface area contributed by atoms with E-state index < -0.39 is 0 Å². The van der Waals surface area contributed by atoms with Crippen molar-refractivity contribution in [3.63, 3.8) is 0 Å². The molecule has 0 aliphatic rings. The largest absolute Gasteiger partial charge is 0.492 e. The predicted octanol–water partition coefficient (Wildman–Crippen LogP) is 2.63. The van der Waals surface area contributed by atoms with Crippen LogP contribution in [0.25, 0.3) is 10.9 Å². The summed E-state index contributed by atoms with van der Waals surface area (Å²) in [6.07, 6.45) is 0. The molecule has 0 spiro atoms. The average molecular weight is 346 g/mol. The highest BCUT2D eigenvalue weighted by Gasteiger charge is 2.04. The summed E-state index contributed by atoms with van der Waals surface area (Å²) >= 11 is 3.36. The molecule has 6 heteroatoms. The van der Waals surface area contributed by atoms with Crippen LogP contribution < -0.4 is 10.3 Å². The lowest BCUT2D eigenvalue weighted by Crippen LogP contribution is -2.26. The number of aromatic nitrogens is 3. The third kappa shape index (κ3) is 3.11. The number of benzene rings is 2. The van der Waals surface area contributed by atoms with Gasteiger partial charge in [-0.1, -0.05) is 33.3 Å². The van der Waals surface area contributed by atoms with Crippen molar-refractivity contribution in [3.05, 3.63) is 63.4 Å². The first kappa shape index (κ1) is 13.8. The molecule has 1 aromatic heterocycles. The molecule has 0 amide bonds. The van der Waals surface area contributed by atoms with E-state index in [1.54, 1.807) is 12.1 Å². The molecule has 0 atom stereocenters. The molecule has 0 unspecified atom stereocenters. The van der Waals surface area contributed by atoms with Crippen molar-refractivity contribution in [1.82, 2.24) is 15.0 Å².